The Bertz CT molecular complexity index is 1230. The maximum Gasteiger partial charge on any atom is 0.253 e. The summed E-state index contributed by atoms with van der Waals surface area (Å²) in [6, 6.07) is 18.5. The third kappa shape index (κ3) is 4.39. The van der Waals surface area contributed by atoms with E-state index in [0.717, 1.165) is 29.6 Å². The van der Waals surface area contributed by atoms with Gasteiger partial charge in [0.15, 0.2) is 0 Å². The lowest BCUT2D eigenvalue weighted by Gasteiger charge is -2.35. The molecule has 0 spiro atoms. The topological polar surface area (TPSA) is 63.1 Å². The van der Waals surface area contributed by atoms with E-state index in [1.807, 2.05) is 42.0 Å². The molecule has 6 heteroatoms. The standard InChI is InChI=1S/C27H29N5O/c1-20-10-8-13-23-25(20)22(19-32(23)27-28-14-9-15-29-27)26(33)30-18-24(21-11-4-2-5-12-21)31-16-6-3-7-17-31/h2,4-5,8-15,19,24H,3,6-7,16-18H2,1H3,(H,30,33). The van der Waals surface area contributed by atoms with Gasteiger partial charge in [0.2, 0.25) is 5.95 Å². The van der Waals surface area contributed by atoms with Gasteiger partial charge in [-0.2, -0.15) is 0 Å². The Morgan fingerprint density at radius 2 is 1.73 bits per heavy atom. The van der Waals surface area contributed by atoms with Gasteiger partial charge in [0.05, 0.1) is 17.1 Å². The fourth-order valence-electron chi connectivity index (χ4n) is 4.87. The molecule has 5 rings (SSSR count). The Morgan fingerprint density at radius 1 is 0.970 bits per heavy atom. The highest BCUT2D eigenvalue weighted by Crippen LogP contribution is 2.28. The lowest BCUT2D eigenvalue weighted by atomic mass is 10.0. The van der Waals surface area contributed by atoms with Gasteiger partial charge in [0, 0.05) is 30.5 Å². The van der Waals surface area contributed by atoms with E-state index in [1.54, 1.807) is 18.5 Å². The van der Waals surface area contributed by atoms with Crippen LogP contribution in [0.4, 0.5) is 0 Å². The fourth-order valence-corrected chi connectivity index (χ4v) is 4.87. The van der Waals surface area contributed by atoms with Crippen molar-refractivity contribution in [1.82, 2.24) is 24.8 Å². The normalized spacial score (nSPS) is 15.4. The highest BCUT2D eigenvalue weighted by atomic mass is 16.1. The Morgan fingerprint density at radius 3 is 2.48 bits per heavy atom. The zero-order valence-corrected chi connectivity index (χ0v) is 18.9. The number of benzene rings is 2. The summed E-state index contributed by atoms with van der Waals surface area (Å²) in [6.45, 7) is 4.75. The van der Waals surface area contributed by atoms with Crippen LogP contribution in [0, 0.1) is 6.92 Å². The fraction of sp³-hybridized carbons (Fsp3) is 0.296. The second kappa shape index (κ2) is 9.55. The van der Waals surface area contributed by atoms with E-state index >= 15 is 0 Å². The molecule has 0 saturated carbocycles. The number of aryl methyl sites for hydroxylation is 1. The molecule has 6 nitrogen and oxygen atoms in total. The van der Waals surface area contributed by atoms with Crippen LogP contribution in [0.15, 0.2) is 73.2 Å². The highest BCUT2D eigenvalue weighted by Gasteiger charge is 2.24. The molecule has 0 aliphatic carbocycles. The van der Waals surface area contributed by atoms with Crippen molar-refractivity contribution in [2.75, 3.05) is 19.6 Å². The van der Waals surface area contributed by atoms with Gasteiger partial charge in [-0.15, -0.1) is 0 Å². The van der Waals surface area contributed by atoms with Gasteiger partial charge in [0.1, 0.15) is 0 Å². The van der Waals surface area contributed by atoms with E-state index in [0.29, 0.717) is 18.1 Å². The summed E-state index contributed by atoms with van der Waals surface area (Å²) in [5, 5.41) is 4.19. The average molecular weight is 440 g/mol. The van der Waals surface area contributed by atoms with Crippen LogP contribution >= 0.6 is 0 Å². The van der Waals surface area contributed by atoms with E-state index < -0.39 is 0 Å². The largest absolute Gasteiger partial charge is 0.350 e. The number of aromatic nitrogens is 3. The van der Waals surface area contributed by atoms with Crippen LogP contribution < -0.4 is 5.32 Å². The summed E-state index contributed by atoms with van der Waals surface area (Å²) in [5.41, 5.74) is 3.89. The summed E-state index contributed by atoms with van der Waals surface area (Å²) >= 11 is 0. The van der Waals surface area contributed by atoms with Gasteiger partial charge in [-0.1, -0.05) is 48.9 Å². The molecule has 3 heterocycles. The first-order valence-electron chi connectivity index (χ1n) is 11.7. The number of nitrogens with one attached hydrogen (secondary N) is 1. The predicted octanol–water partition coefficient (Wildman–Crippen LogP) is 4.69. The molecule has 2 aromatic carbocycles. The van der Waals surface area contributed by atoms with E-state index in [4.69, 9.17) is 0 Å². The van der Waals surface area contributed by atoms with E-state index in [2.05, 4.69) is 44.5 Å². The third-order valence-corrected chi connectivity index (χ3v) is 6.52. The number of piperidine rings is 1. The van der Waals surface area contributed by atoms with E-state index in [1.165, 1.54) is 24.8 Å². The van der Waals surface area contributed by atoms with Crippen LogP contribution in [-0.4, -0.2) is 45.0 Å². The maximum absolute atomic E-state index is 13.5. The number of rotatable bonds is 6. The van der Waals surface area contributed by atoms with Crippen LogP contribution in [0.25, 0.3) is 16.9 Å². The molecule has 1 N–H and O–H groups in total. The van der Waals surface area contributed by atoms with Crippen molar-refractivity contribution in [2.45, 2.75) is 32.2 Å². The second-order valence-electron chi connectivity index (χ2n) is 8.66. The van der Waals surface area contributed by atoms with Gasteiger partial charge in [-0.05, 0) is 56.1 Å². The molecule has 1 saturated heterocycles. The monoisotopic (exact) mass is 439 g/mol. The quantitative estimate of drug-likeness (QED) is 0.474. The summed E-state index contributed by atoms with van der Waals surface area (Å²) in [5.74, 6) is 0.490. The first-order chi connectivity index (χ1) is 16.2. The third-order valence-electron chi connectivity index (χ3n) is 6.52. The lowest BCUT2D eigenvalue weighted by Crippen LogP contribution is -2.40. The highest BCUT2D eigenvalue weighted by molar-refractivity contribution is 6.08. The molecule has 2 aromatic heterocycles. The van der Waals surface area contributed by atoms with Crippen molar-refractivity contribution < 1.29 is 4.79 Å². The Kier molecular flexibility index (Phi) is 6.17. The molecule has 1 amide bonds. The minimum Gasteiger partial charge on any atom is -0.350 e. The first-order valence-corrected chi connectivity index (χ1v) is 11.7. The summed E-state index contributed by atoms with van der Waals surface area (Å²) in [7, 11) is 0. The minimum atomic E-state index is -0.0677. The molecule has 0 bridgehead atoms. The summed E-state index contributed by atoms with van der Waals surface area (Å²) in [6.07, 6.45) is 8.99. The van der Waals surface area contributed by atoms with E-state index in [9.17, 15) is 4.79 Å². The number of likely N-dealkylation sites (tertiary alicyclic amines) is 1. The number of carbonyl (C=O) groups excluding carboxylic acids is 1. The zero-order valence-electron chi connectivity index (χ0n) is 18.9. The van der Waals surface area contributed by atoms with Crippen molar-refractivity contribution in [3.8, 4) is 5.95 Å². The Hall–Kier alpha value is -3.51. The van der Waals surface area contributed by atoms with Crippen molar-refractivity contribution in [3.63, 3.8) is 0 Å². The van der Waals surface area contributed by atoms with Gasteiger partial charge >= 0.3 is 0 Å². The molecular weight excluding hydrogens is 410 g/mol. The molecule has 4 aromatic rings. The zero-order chi connectivity index (χ0) is 22.6. The van der Waals surface area contributed by atoms with Crippen molar-refractivity contribution >= 4 is 16.8 Å². The smallest absolute Gasteiger partial charge is 0.253 e. The lowest BCUT2D eigenvalue weighted by molar-refractivity contribution is 0.0926. The molecule has 1 aliphatic heterocycles. The number of amides is 1. The number of carbonyl (C=O) groups is 1. The Balaban J connectivity index is 1.45. The summed E-state index contributed by atoms with van der Waals surface area (Å²) < 4.78 is 1.90. The molecular formula is C27H29N5O. The molecule has 1 unspecified atom stereocenters. The number of hydrogen-bond acceptors (Lipinski definition) is 4. The molecule has 168 valence electrons. The van der Waals surface area contributed by atoms with Crippen LogP contribution in [-0.2, 0) is 0 Å². The molecule has 0 radical (unpaired) electrons. The SMILES string of the molecule is Cc1cccc2c1c(C(=O)NCC(c1ccccc1)N1CCCCC1)cn2-c1ncccn1. The van der Waals surface area contributed by atoms with Crippen LogP contribution in [0.2, 0.25) is 0 Å². The first kappa shape index (κ1) is 21.3. The number of hydrogen-bond donors (Lipinski definition) is 1. The van der Waals surface area contributed by atoms with Crippen LogP contribution in [0.5, 0.6) is 0 Å². The summed E-state index contributed by atoms with van der Waals surface area (Å²) in [4.78, 5) is 24.8. The number of fused-ring (bicyclic) bond motifs is 1. The van der Waals surface area contributed by atoms with Crippen molar-refractivity contribution in [1.29, 1.82) is 0 Å². The predicted molar refractivity (Wildman–Crippen MR) is 131 cm³/mol. The molecule has 1 aliphatic rings. The number of nitrogens with zero attached hydrogens (tertiary/aromatic N) is 4. The molecule has 33 heavy (non-hydrogen) atoms. The van der Waals surface area contributed by atoms with Crippen LogP contribution in [0.3, 0.4) is 0 Å². The van der Waals surface area contributed by atoms with Gasteiger partial charge < -0.3 is 5.32 Å². The Labute approximate surface area is 194 Å². The molecule has 1 atom stereocenters. The second-order valence-corrected chi connectivity index (χ2v) is 8.66. The van der Waals surface area contributed by atoms with Gasteiger partial charge in [0.25, 0.3) is 5.91 Å². The van der Waals surface area contributed by atoms with Crippen LogP contribution in [0.1, 0.15) is 46.8 Å². The maximum atomic E-state index is 13.5. The van der Waals surface area contributed by atoms with Crippen molar-refractivity contribution in [2.24, 2.45) is 0 Å². The molecule has 1 fully saturated rings. The van der Waals surface area contributed by atoms with Crippen molar-refractivity contribution in [3.05, 3.63) is 89.9 Å². The van der Waals surface area contributed by atoms with Gasteiger partial charge in [-0.3, -0.25) is 14.3 Å². The average Bonchev–Trinajstić information content (AvgIpc) is 3.27. The van der Waals surface area contributed by atoms with E-state index in [-0.39, 0.29) is 11.9 Å². The van der Waals surface area contributed by atoms with Gasteiger partial charge in [-0.25, -0.2) is 9.97 Å². The minimum absolute atomic E-state index is 0.0677.